The van der Waals surface area contributed by atoms with Gasteiger partial charge in [-0.3, -0.25) is 0 Å². The van der Waals surface area contributed by atoms with Crippen molar-refractivity contribution >= 4 is 0 Å². The Labute approximate surface area is 99.6 Å². The zero-order chi connectivity index (χ0) is 11.9. The monoisotopic (exact) mass is 233 g/mol. The maximum Gasteiger partial charge on any atom is 0.0701 e. The molecule has 0 aliphatic rings. The summed E-state index contributed by atoms with van der Waals surface area (Å²) in [5, 5.41) is 3.31. The van der Waals surface area contributed by atoms with Crippen LogP contribution in [-0.2, 0) is 14.2 Å². The predicted molar refractivity (Wildman–Crippen MR) is 65.9 cm³/mol. The Bertz CT molecular complexity index is 109. The third kappa shape index (κ3) is 13.8. The zero-order valence-electron chi connectivity index (χ0n) is 10.8. The first-order chi connectivity index (χ1) is 7.91. The number of hydrogen-bond donors (Lipinski definition) is 1. The van der Waals surface area contributed by atoms with E-state index < -0.39 is 0 Å². The molecule has 0 rings (SSSR count). The maximum absolute atomic E-state index is 5.43. The lowest BCUT2D eigenvalue weighted by Gasteiger charge is -2.05. The van der Waals surface area contributed by atoms with Gasteiger partial charge in [0.25, 0.3) is 0 Å². The van der Waals surface area contributed by atoms with Gasteiger partial charge >= 0.3 is 0 Å². The first kappa shape index (κ1) is 15.8. The van der Waals surface area contributed by atoms with Gasteiger partial charge in [-0.15, -0.1) is 0 Å². The molecule has 0 aliphatic carbocycles. The Hall–Kier alpha value is -0.160. The van der Waals surface area contributed by atoms with E-state index in [4.69, 9.17) is 14.2 Å². The molecule has 0 saturated heterocycles. The van der Waals surface area contributed by atoms with Crippen LogP contribution >= 0.6 is 0 Å². The molecule has 16 heavy (non-hydrogen) atoms. The molecule has 4 nitrogen and oxygen atoms in total. The standard InChI is InChI=1S/C12H27NO3/c1-3-13-7-5-4-6-8-15-11-12-16-10-9-14-2/h13H,3-12H2,1-2H3. The fraction of sp³-hybridized carbons (Fsp3) is 1.00. The number of methoxy groups -OCH3 is 1. The summed E-state index contributed by atoms with van der Waals surface area (Å²) in [6.07, 6.45) is 3.61. The second kappa shape index (κ2) is 14.8. The molecular formula is C12H27NO3. The zero-order valence-corrected chi connectivity index (χ0v) is 10.8. The van der Waals surface area contributed by atoms with Crippen molar-refractivity contribution < 1.29 is 14.2 Å². The minimum Gasteiger partial charge on any atom is -0.382 e. The molecule has 0 unspecified atom stereocenters. The Morgan fingerprint density at radius 1 is 0.812 bits per heavy atom. The molecule has 0 saturated carbocycles. The van der Waals surface area contributed by atoms with Gasteiger partial charge in [0.05, 0.1) is 26.4 Å². The maximum atomic E-state index is 5.43. The van der Waals surface area contributed by atoms with E-state index in [2.05, 4.69) is 12.2 Å². The number of ether oxygens (including phenoxy) is 3. The topological polar surface area (TPSA) is 39.7 Å². The van der Waals surface area contributed by atoms with E-state index in [1.165, 1.54) is 12.8 Å². The Kier molecular flexibility index (Phi) is 14.7. The average molecular weight is 233 g/mol. The molecule has 0 aromatic rings. The highest BCUT2D eigenvalue weighted by molar-refractivity contribution is 4.45. The van der Waals surface area contributed by atoms with E-state index in [1.807, 2.05) is 0 Å². The molecule has 0 aromatic heterocycles. The molecule has 0 aromatic carbocycles. The third-order valence-electron chi connectivity index (χ3n) is 2.20. The molecule has 98 valence electrons. The lowest BCUT2D eigenvalue weighted by atomic mass is 10.2. The van der Waals surface area contributed by atoms with Crippen LogP contribution in [0.1, 0.15) is 26.2 Å². The van der Waals surface area contributed by atoms with E-state index in [0.29, 0.717) is 26.4 Å². The number of unbranched alkanes of at least 4 members (excludes halogenated alkanes) is 2. The summed E-state index contributed by atoms with van der Waals surface area (Å²) in [7, 11) is 1.67. The Morgan fingerprint density at radius 3 is 2.19 bits per heavy atom. The highest BCUT2D eigenvalue weighted by Crippen LogP contribution is 1.94. The second-order valence-electron chi connectivity index (χ2n) is 3.63. The normalized spacial score (nSPS) is 10.9. The van der Waals surface area contributed by atoms with Crippen LogP contribution in [0.25, 0.3) is 0 Å². The van der Waals surface area contributed by atoms with Gasteiger partial charge < -0.3 is 19.5 Å². The molecule has 0 bridgehead atoms. The van der Waals surface area contributed by atoms with Crippen LogP contribution in [-0.4, -0.2) is 53.2 Å². The van der Waals surface area contributed by atoms with Gasteiger partial charge in [0.1, 0.15) is 0 Å². The number of rotatable bonds is 13. The highest BCUT2D eigenvalue weighted by Gasteiger charge is 1.91. The predicted octanol–water partition coefficient (Wildman–Crippen LogP) is 1.45. The summed E-state index contributed by atoms with van der Waals surface area (Å²) in [6, 6.07) is 0. The van der Waals surface area contributed by atoms with Crippen molar-refractivity contribution in [2.45, 2.75) is 26.2 Å². The van der Waals surface area contributed by atoms with E-state index >= 15 is 0 Å². The highest BCUT2D eigenvalue weighted by atomic mass is 16.5. The molecule has 0 spiro atoms. The van der Waals surface area contributed by atoms with E-state index in [0.717, 1.165) is 26.1 Å². The third-order valence-corrected chi connectivity index (χ3v) is 2.20. The average Bonchev–Trinajstić information content (AvgIpc) is 2.31. The molecule has 1 N–H and O–H groups in total. The Morgan fingerprint density at radius 2 is 1.50 bits per heavy atom. The van der Waals surface area contributed by atoms with Gasteiger partial charge in [0.2, 0.25) is 0 Å². The fourth-order valence-corrected chi connectivity index (χ4v) is 1.27. The minimum absolute atomic E-state index is 0.655. The van der Waals surface area contributed by atoms with Crippen LogP contribution in [0.15, 0.2) is 0 Å². The summed E-state index contributed by atoms with van der Waals surface area (Å²) in [6.45, 7) is 7.84. The van der Waals surface area contributed by atoms with Gasteiger partial charge in [0, 0.05) is 13.7 Å². The number of nitrogens with one attached hydrogen (secondary N) is 1. The molecule has 0 aliphatic heterocycles. The quantitative estimate of drug-likeness (QED) is 0.489. The van der Waals surface area contributed by atoms with E-state index in [9.17, 15) is 0 Å². The molecule has 0 fully saturated rings. The molecular weight excluding hydrogens is 206 g/mol. The van der Waals surface area contributed by atoms with E-state index in [-0.39, 0.29) is 0 Å². The molecule has 0 heterocycles. The van der Waals surface area contributed by atoms with Crippen molar-refractivity contribution in [2.75, 3.05) is 53.2 Å². The fourth-order valence-electron chi connectivity index (χ4n) is 1.27. The molecule has 0 atom stereocenters. The minimum atomic E-state index is 0.655. The summed E-state index contributed by atoms with van der Waals surface area (Å²) in [5.41, 5.74) is 0. The summed E-state index contributed by atoms with van der Waals surface area (Å²) < 4.78 is 15.6. The number of hydrogen-bond acceptors (Lipinski definition) is 4. The van der Waals surface area contributed by atoms with Crippen molar-refractivity contribution in [3.05, 3.63) is 0 Å². The van der Waals surface area contributed by atoms with Crippen molar-refractivity contribution in [3.63, 3.8) is 0 Å². The van der Waals surface area contributed by atoms with Crippen LogP contribution < -0.4 is 5.32 Å². The second-order valence-corrected chi connectivity index (χ2v) is 3.63. The van der Waals surface area contributed by atoms with Crippen molar-refractivity contribution in [1.82, 2.24) is 5.32 Å². The SMILES string of the molecule is CCNCCCCCOCCOCCOC. The van der Waals surface area contributed by atoms with Gasteiger partial charge in [-0.05, 0) is 32.4 Å². The smallest absolute Gasteiger partial charge is 0.0701 e. The van der Waals surface area contributed by atoms with Gasteiger partial charge in [-0.1, -0.05) is 6.92 Å². The van der Waals surface area contributed by atoms with Crippen molar-refractivity contribution in [3.8, 4) is 0 Å². The molecule has 4 heteroatoms. The summed E-state index contributed by atoms with van der Waals surface area (Å²) in [5.74, 6) is 0. The lowest BCUT2D eigenvalue weighted by Crippen LogP contribution is -2.14. The largest absolute Gasteiger partial charge is 0.382 e. The molecule has 0 amide bonds. The van der Waals surface area contributed by atoms with Gasteiger partial charge in [-0.2, -0.15) is 0 Å². The molecule has 0 radical (unpaired) electrons. The van der Waals surface area contributed by atoms with Crippen LogP contribution in [0.2, 0.25) is 0 Å². The summed E-state index contributed by atoms with van der Waals surface area (Å²) >= 11 is 0. The first-order valence-electron chi connectivity index (χ1n) is 6.27. The first-order valence-corrected chi connectivity index (χ1v) is 6.27. The van der Waals surface area contributed by atoms with Gasteiger partial charge in [0.15, 0.2) is 0 Å². The summed E-state index contributed by atoms with van der Waals surface area (Å²) in [4.78, 5) is 0. The Balaban J connectivity index is 2.83. The van der Waals surface area contributed by atoms with Crippen LogP contribution in [0, 0.1) is 0 Å². The van der Waals surface area contributed by atoms with Crippen LogP contribution in [0.3, 0.4) is 0 Å². The van der Waals surface area contributed by atoms with E-state index in [1.54, 1.807) is 7.11 Å². The van der Waals surface area contributed by atoms with Crippen molar-refractivity contribution in [2.24, 2.45) is 0 Å². The van der Waals surface area contributed by atoms with Crippen molar-refractivity contribution in [1.29, 1.82) is 0 Å². The van der Waals surface area contributed by atoms with Crippen LogP contribution in [0.5, 0.6) is 0 Å². The lowest BCUT2D eigenvalue weighted by molar-refractivity contribution is 0.0240. The van der Waals surface area contributed by atoms with Gasteiger partial charge in [-0.25, -0.2) is 0 Å². The van der Waals surface area contributed by atoms with Crippen LogP contribution in [0.4, 0.5) is 0 Å².